The van der Waals surface area contributed by atoms with Crippen LogP contribution in [0.1, 0.15) is 37.1 Å². The molecule has 1 saturated carbocycles. The molecule has 1 fully saturated rings. The summed E-state index contributed by atoms with van der Waals surface area (Å²) in [5.74, 6) is -1.31. The Labute approximate surface area is 216 Å². The fourth-order valence-electron chi connectivity index (χ4n) is 3.45. The Balaban J connectivity index is 1.41. The summed E-state index contributed by atoms with van der Waals surface area (Å²) in [5, 5.41) is 7.63. The highest BCUT2D eigenvalue weighted by atomic mass is 79.9. The van der Waals surface area contributed by atoms with Crippen molar-refractivity contribution in [1.29, 1.82) is 0 Å². The Morgan fingerprint density at radius 2 is 1.84 bits per heavy atom. The summed E-state index contributed by atoms with van der Waals surface area (Å²) in [6.45, 7) is 1.49. The van der Waals surface area contributed by atoms with E-state index in [0.717, 1.165) is 18.3 Å². The fourth-order valence-corrected chi connectivity index (χ4v) is 3.82. The lowest BCUT2D eigenvalue weighted by molar-refractivity contribution is -0.137. The highest BCUT2D eigenvalue weighted by Gasteiger charge is 2.52. The van der Waals surface area contributed by atoms with Crippen LogP contribution >= 0.6 is 15.9 Å². The largest absolute Gasteiger partial charge is 0.418 e. The molecule has 0 radical (unpaired) electrons. The quantitative estimate of drug-likeness (QED) is 0.334. The van der Waals surface area contributed by atoms with Crippen LogP contribution in [0.15, 0.2) is 53.7 Å². The highest BCUT2D eigenvalue weighted by Crippen LogP contribution is 2.38. The van der Waals surface area contributed by atoms with E-state index in [1.165, 1.54) is 37.8 Å². The van der Waals surface area contributed by atoms with E-state index in [1.807, 2.05) is 0 Å². The normalized spacial score (nSPS) is 14.9. The summed E-state index contributed by atoms with van der Waals surface area (Å²) in [5.41, 5.74) is -2.57. The lowest BCUT2D eigenvalue weighted by Gasteiger charge is -2.21. The lowest BCUT2D eigenvalue weighted by Crippen LogP contribution is -2.50. The second-order valence-electron chi connectivity index (χ2n) is 8.27. The minimum atomic E-state index is -4.63. The van der Waals surface area contributed by atoms with Crippen molar-refractivity contribution in [1.82, 2.24) is 25.6 Å². The van der Waals surface area contributed by atoms with Crippen LogP contribution in [0.2, 0.25) is 0 Å². The van der Waals surface area contributed by atoms with Gasteiger partial charge in [0.05, 0.1) is 47.3 Å². The number of carbonyl (C=O) groups excluding carboxylic acids is 2. The van der Waals surface area contributed by atoms with E-state index in [0.29, 0.717) is 12.8 Å². The van der Waals surface area contributed by atoms with Crippen LogP contribution < -0.4 is 20.7 Å². The predicted molar refractivity (Wildman–Crippen MR) is 126 cm³/mol. The molecule has 4 rings (SSSR count). The van der Waals surface area contributed by atoms with E-state index in [9.17, 15) is 27.2 Å². The molecule has 1 aliphatic rings. The first-order valence-electron chi connectivity index (χ1n) is 10.8. The van der Waals surface area contributed by atoms with Crippen molar-refractivity contribution in [2.45, 2.75) is 37.5 Å². The average molecular weight is 583 g/mol. The molecule has 37 heavy (non-hydrogen) atoms. The smallest absolute Gasteiger partial charge is 0.407 e. The average Bonchev–Trinajstić information content (AvgIpc) is 3.60. The molecular formula is C23H19BrF4N6O3. The van der Waals surface area contributed by atoms with Crippen molar-refractivity contribution in [3.05, 3.63) is 70.7 Å². The van der Waals surface area contributed by atoms with Gasteiger partial charge >= 0.3 is 12.3 Å². The van der Waals surface area contributed by atoms with E-state index in [2.05, 4.69) is 46.8 Å². The van der Waals surface area contributed by atoms with Crippen LogP contribution in [0.25, 0.3) is 0 Å². The number of aromatic nitrogens is 3. The third kappa shape index (κ3) is 6.31. The van der Waals surface area contributed by atoms with Crippen LogP contribution in [-0.4, -0.2) is 32.5 Å². The van der Waals surface area contributed by atoms with Gasteiger partial charge in [0.2, 0.25) is 5.91 Å². The number of halogens is 5. The van der Waals surface area contributed by atoms with E-state index in [4.69, 9.17) is 4.74 Å². The molecule has 1 aliphatic carbocycles. The van der Waals surface area contributed by atoms with Gasteiger partial charge < -0.3 is 20.7 Å². The van der Waals surface area contributed by atoms with Crippen LogP contribution in [0.4, 0.5) is 33.7 Å². The first kappa shape index (κ1) is 26.3. The molecule has 9 nitrogen and oxygen atoms in total. The maximum Gasteiger partial charge on any atom is 0.418 e. The second-order valence-corrected chi connectivity index (χ2v) is 9.19. The van der Waals surface area contributed by atoms with E-state index in [1.54, 1.807) is 0 Å². The Morgan fingerprint density at radius 1 is 1.14 bits per heavy atom. The molecule has 1 unspecified atom stereocenters. The summed E-state index contributed by atoms with van der Waals surface area (Å²) in [4.78, 5) is 36.4. The molecule has 14 heteroatoms. The van der Waals surface area contributed by atoms with Gasteiger partial charge in [-0.3, -0.25) is 9.78 Å². The number of nitrogens with one attached hydrogen (secondary N) is 3. The zero-order valence-corrected chi connectivity index (χ0v) is 20.7. The van der Waals surface area contributed by atoms with Gasteiger partial charge in [-0.15, -0.1) is 0 Å². The SMILES string of the molecule is CC(NC(=O)C1(NC(=O)Oc2cncnc2)CC1)c1ncc(Nc2ccc(Br)cc2C(F)(F)F)cc1F. The van der Waals surface area contributed by atoms with Gasteiger partial charge in [0.15, 0.2) is 5.75 Å². The first-order valence-corrected chi connectivity index (χ1v) is 11.6. The molecule has 0 aliphatic heterocycles. The standard InChI is InChI=1S/C23H19BrF4N6O3/c1-12(32-20(35)22(4-5-22)34-21(36)37-15-9-29-11-30-10-15)19-17(25)7-14(8-31-19)33-18-3-2-13(24)6-16(18)23(26,27)28/h2-3,6-12,33H,4-5H2,1H3,(H,32,35)(H,34,36). The maximum atomic E-state index is 14.8. The summed E-state index contributed by atoms with van der Waals surface area (Å²) in [6, 6.07) is 3.61. The maximum absolute atomic E-state index is 14.8. The second kappa shape index (κ2) is 10.3. The summed E-state index contributed by atoms with van der Waals surface area (Å²) < 4.78 is 60.2. The first-order chi connectivity index (χ1) is 17.5. The Bertz CT molecular complexity index is 1320. The molecule has 2 aromatic heterocycles. The number of ether oxygens (including phenoxy) is 1. The molecule has 0 saturated heterocycles. The van der Waals surface area contributed by atoms with Crippen molar-refractivity contribution < 1.29 is 31.9 Å². The van der Waals surface area contributed by atoms with Crippen LogP contribution in [0.3, 0.4) is 0 Å². The number of amides is 2. The van der Waals surface area contributed by atoms with E-state index in [-0.39, 0.29) is 27.3 Å². The Morgan fingerprint density at radius 3 is 2.46 bits per heavy atom. The summed E-state index contributed by atoms with van der Waals surface area (Å²) in [7, 11) is 0. The number of hydrogen-bond acceptors (Lipinski definition) is 7. The highest BCUT2D eigenvalue weighted by molar-refractivity contribution is 9.10. The zero-order chi connectivity index (χ0) is 26.8. The molecule has 194 valence electrons. The number of rotatable bonds is 7. The van der Waals surface area contributed by atoms with Gasteiger partial charge in [-0.25, -0.2) is 19.2 Å². The molecule has 2 heterocycles. The van der Waals surface area contributed by atoms with Crippen molar-refractivity contribution in [3.8, 4) is 5.75 Å². The lowest BCUT2D eigenvalue weighted by atomic mass is 10.1. The van der Waals surface area contributed by atoms with Gasteiger partial charge in [-0.2, -0.15) is 13.2 Å². The van der Waals surface area contributed by atoms with E-state index >= 15 is 0 Å². The number of alkyl halides is 3. The molecule has 2 amide bonds. The molecule has 1 aromatic carbocycles. The summed E-state index contributed by atoms with van der Waals surface area (Å²) >= 11 is 3.01. The molecule has 0 spiro atoms. The van der Waals surface area contributed by atoms with Gasteiger partial charge in [-0.1, -0.05) is 15.9 Å². The fraction of sp³-hybridized carbons (Fsp3) is 0.261. The number of nitrogens with zero attached hydrogens (tertiary/aromatic N) is 3. The molecule has 3 N–H and O–H groups in total. The molecule has 0 bridgehead atoms. The zero-order valence-electron chi connectivity index (χ0n) is 19.1. The Kier molecular flexibility index (Phi) is 7.30. The van der Waals surface area contributed by atoms with Crippen LogP contribution in [0, 0.1) is 5.82 Å². The minimum Gasteiger partial charge on any atom is -0.407 e. The van der Waals surface area contributed by atoms with Crippen molar-refractivity contribution in [2.24, 2.45) is 0 Å². The predicted octanol–water partition coefficient (Wildman–Crippen LogP) is 5.03. The number of anilines is 2. The number of carbonyl (C=O) groups is 2. The van der Waals surface area contributed by atoms with Gasteiger partial charge in [0.1, 0.15) is 17.7 Å². The molecular weight excluding hydrogens is 564 g/mol. The molecule has 1 atom stereocenters. The van der Waals surface area contributed by atoms with Crippen LogP contribution in [0.5, 0.6) is 5.75 Å². The number of pyridine rings is 1. The molecule has 3 aromatic rings. The topological polar surface area (TPSA) is 118 Å². The number of benzene rings is 1. The van der Waals surface area contributed by atoms with E-state index < -0.39 is 41.1 Å². The van der Waals surface area contributed by atoms with Gasteiger partial charge in [0, 0.05) is 10.5 Å². The minimum absolute atomic E-state index is 0.0134. The van der Waals surface area contributed by atoms with Crippen LogP contribution in [-0.2, 0) is 11.0 Å². The van der Waals surface area contributed by atoms with Gasteiger partial charge in [-0.05, 0) is 38.0 Å². The van der Waals surface area contributed by atoms with Gasteiger partial charge in [0.25, 0.3) is 0 Å². The van der Waals surface area contributed by atoms with Crippen molar-refractivity contribution in [3.63, 3.8) is 0 Å². The Hall–Kier alpha value is -3.81. The third-order valence-corrected chi connectivity index (χ3v) is 5.96. The third-order valence-electron chi connectivity index (χ3n) is 5.47. The van der Waals surface area contributed by atoms with Crippen molar-refractivity contribution in [2.75, 3.05) is 5.32 Å². The van der Waals surface area contributed by atoms with Crippen molar-refractivity contribution >= 4 is 39.3 Å². The summed E-state index contributed by atoms with van der Waals surface area (Å²) in [6.07, 6.45) is 0.167. The number of hydrogen-bond donors (Lipinski definition) is 3. The monoisotopic (exact) mass is 582 g/mol.